The Hall–Kier alpha value is -0.570. The fourth-order valence-electron chi connectivity index (χ4n) is 4.29. The van der Waals surface area contributed by atoms with E-state index < -0.39 is 0 Å². The van der Waals surface area contributed by atoms with E-state index in [1.165, 1.54) is 19.3 Å². The molecule has 2 rings (SSSR count). The summed E-state index contributed by atoms with van der Waals surface area (Å²) < 4.78 is 0. The van der Waals surface area contributed by atoms with Crippen LogP contribution in [-0.2, 0) is 4.79 Å². The number of nitrogens with two attached hydrogens (primary N) is 1. The van der Waals surface area contributed by atoms with Gasteiger partial charge in [-0.15, -0.1) is 0 Å². The molecule has 0 saturated heterocycles. The zero-order chi connectivity index (χ0) is 14.3. The van der Waals surface area contributed by atoms with Gasteiger partial charge in [-0.1, -0.05) is 27.7 Å². The van der Waals surface area contributed by atoms with Gasteiger partial charge in [-0.05, 0) is 55.4 Å². The number of fused-ring (bicyclic) bond motifs is 2. The minimum atomic E-state index is 0.0920. The number of carbonyl (C=O) groups excluding carboxylic acids is 1. The van der Waals surface area contributed by atoms with Crippen molar-refractivity contribution in [1.29, 1.82) is 0 Å². The summed E-state index contributed by atoms with van der Waals surface area (Å²) in [5, 5.41) is 3.34. The smallest absolute Gasteiger partial charge is 0.223 e. The van der Waals surface area contributed by atoms with Crippen LogP contribution >= 0.6 is 0 Å². The van der Waals surface area contributed by atoms with Crippen molar-refractivity contribution < 1.29 is 4.79 Å². The first-order valence-corrected chi connectivity index (χ1v) is 7.83. The lowest BCUT2D eigenvalue weighted by Crippen LogP contribution is -2.48. The number of nitrogens with one attached hydrogen (secondary N) is 1. The van der Waals surface area contributed by atoms with Gasteiger partial charge in [0, 0.05) is 12.0 Å². The lowest BCUT2D eigenvalue weighted by Gasteiger charge is -2.39. The van der Waals surface area contributed by atoms with Crippen LogP contribution in [0.2, 0.25) is 0 Å². The molecule has 2 aliphatic carbocycles. The summed E-state index contributed by atoms with van der Waals surface area (Å²) in [7, 11) is 0. The number of carbonyl (C=O) groups is 1. The fourth-order valence-corrected chi connectivity index (χ4v) is 4.29. The average molecular weight is 266 g/mol. The van der Waals surface area contributed by atoms with Gasteiger partial charge >= 0.3 is 0 Å². The fraction of sp³-hybridized carbons (Fsp3) is 0.938. The second-order valence-electron chi connectivity index (χ2n) is 7.50. The Balaban J connectivity index is 1.96. The van der Waals surface area contributed by atoms with Crippen molar-refractivity contribution in [2.24, 2.45) is 28.4 Å². The minimum Gasteiger partial charge on any atom is -0.353 e. The Morgan fingerprint density at radius 1 is 1.42 bits per heavy atom. The molecule has 0 aromatic carbocycles. The van der Waals surface area contributed by atoms with Gasteiger partial charge in [-0.2, -0.15) is 0 Å². The van der Waals surface area contributed by atoms with E-state index in [0.717, 1.165) is 18.8 Å². The standard InChI is InChI=1S/C16H30N2O/c1-11(6-5-9-17)14(19)18-13-10-12-7-8-16(13,4)15(12,2)3/h11-13H,5-10,17H2,1-4H3,(H,18,19). The maximum atomic E-state index is 12.3. The molecule has 0 heterocycles. The summed E-state index contributed by atoms with van der Waals surface area (Å²) in [5.41, 5.74) is 6.16. The van der Waals surface area contributed by atoms with E-state index in [-0.39, 0.29) is 17.2 Å². The van der Waals surface area contributed by atoms with Gasteiger partial charge in [0.25, 0.3) is 0 Å². The third-order valence-corrected chi connectivity index (χ3v) is 6.40. The van der Waals surface area contributed by atoms with Crippen molar-refractivity contribution in [2.45, 2.75) is 65.8 Å². The predicted octanol–water partition coefficient (Wildman–Crippen LogP) is 2.69. The minimum absolute atomic E-state index is 0.0920. The van der Waals surface area contributed by atoms with E-state index in [1.807, 2.05) is 6.92 Å². The van der Waals surface area contributed by atoms with Crippen LogP contribution < -0.4 is 11.1 Å². The molecule has 0 aliphatic heterocycles. The van der Waals surface area contributed by atoms with Crippen molar-refractivity contribution in [2.75, 3.05) is 6.54 Å². The molecule has 3 nitrogen and oxygen atoms in total. The highest BCUT2D eigenvalue weighted by atomic mass is 16.1. The maximum Gasteiger partial charge on any atom is 0.223 e. The van der Waals surface area contributed by atoms with Gasteiger partial charge in [0.1, 0.15) is 0 Å². The Kier molecular flexibility index (Phi) is 3.97. The van der Waals surface area contributed by atoms with E-state index in [2.05, 4.69) is 26.1 Å². The highest BCUT2D eigenvalue weighted by molar-refractivity contribution is 5.78. The summed E-state index contributed by atoms with van der Waals surface area (Å²) in [6.45, 7) is 9.83. The van der Waals surface area contributed by atoms with Gasteiger partial charge in [0.05, 0.1) is 0 Å². The van der Waals surface area contributed by atoms with Gasteiger partial charge in [-0.25, -0.2) is 0 Å². The van der Waals surface area contributed by atoms with Crippen LogP contribution in [0.15, 0.2) is 0 Å². The van der Waals surface area contributed by atoms with Crippen molar-refractivity contribution in [3.8, 4) is 0 Å². The Morgan fingerprint density at radius 3 is 2.58 bits per heavy atom. The highest BCUT2D eigenvalue weighted by Crippen LogP contribution is 2.65. The monoisotopic (exact) mass is 266 g/mol. The molecular weight excluding hydrogens is 236 g/mol. The molecule has 110 valence electrons. The second-order valence-corrected chi connectivity index (χ2v) is 7.50. The average Bonchev–Trinajstić information content (AvgIpc) is 2.68. The largest absolute Gasteiger partial charge is 0.353 e. The summed E-state index contributed by atoms with van der Waals surface area (Å²) in [5.74, 6) is 1.10. The van der Waals surface area contributed by atoms with Crippen molar-refractivity contribution in [1.82, 2.24) is 5.32 Å². The number of hydrogen-bond donors (Lipinski definition) is 2. The number of hydrogen-bond acceptors (Lipinski definition) is 2. The van der Waals surface area contributed by atoms with Gasteiger partial charge in [0.15, 0.2) is 0 Å². The molecule has 4 unspecified atom stereocenters. The van der Waals surface area contributed by atoms with Crippen molar-refractivity contribution in [3.05, 3.63) is 0 Å². The molecule has 2 fully saturated rings. The van der Waals surface area contributed by atoms with Crippen molar-refractivity contribution in [3.63, 3.8) is 0 Å². The molecule has 3 N–H and O–H groups in total. The van der Waals surface area contributed by atoms with Crippen LogP contribution in [-0.4, -0.2) is 18.5 Å². The molecule has 2 bridgehead atoms. The first kappa shape index (κ1) is 14.8. The van der Waals surface area contributed by atoms with Gasteiger partial charge in [0.2, 0.25) is 5.91 Å². The van der Waals surface area contributed by atoms with E-state index in [0.29, 0.717) is 18.0 Å². The zero-order valence-electron chi connectivity index (χ0n) is 13.0. The normalized spacial score (nSPS) is 37.3. The molecule has 19 heavy (non-hydrogen) atoms. The first-order chi connectivity index (χ1) is 8.83. The van der Waals surface area contributed by atoms with Crippen LogP contribution in [0.5, 0.6) is 0 Å². The molecule has 3 heteroatoms. The second kappa shape index (κ2) is 5.08. The van der Waals surface area contributed by atoms with Gasteiger partial charge in [-0.3, -0.25) is 4.79 Å². The molecule has 0 aromatic rings. The molecule has 4 atom stereocenters. The van der Waals surface area contributed by atoms with Gasteiger partial charge < -0.3 is 11.1 Å². The molecule has 1 amide bonds. The van der Waals surface area contributed by atoms with Crippen LogP contribution in [0, 0.1) is 22.7 Å². The zero-order valence-corrected chi connectivity index (χ0v) is 13.0. The van der Waals surface area contributed by atoms with E-state index in [1.54, 1.807) is 0 Å². The van der Waals surface area contributed by atoms with Crippen molar-refractivity contribution >= 4 is 5.91 Å². The Labute approximate surface area is 117 Å². The Bertz CT molecular complexity index is 353. The summed E-state index contributed by atoms with van der Waals surface area (Å²) >= 11 is 0. The summed E-state index contributed by atoms with van der Waals surface area (Å²) in [4.78, 5) is 12.3. The predicted molar refractivity (Wildman–Crippen MR) is 78.6 cm³/mol. The van der Waals surface area contributed by atoms with Crippen LogP contribution in [0.3, 0.4) is 0 Å². The lowest BCUT2D eigenvalue weighted by molar-refractivity contribution is -0.126. The quantitative estimate of drug-likeness (QED) is 0.804. The number of amides is 1. The number of rotatable bonds is 5. The first-order valence-electron chi connectivity index (χ1n) is 7.83. The summed E-state index contributed by atoms with van der Waals surface area (Å²) in [6.07, 6.45) is 5.59. The maximum absolute atomic E-state index is 12.3. The van der Waals surface area contributed by atoms with Crippen LogP contribution in [0.1, 0.15) is 59.8 Å². The van der Waals surface area contributed by atoms with Crippen LogP contribution in [0.25, 0.3) is 0 Å². The molecule has 0 radical (unpaired) electrons. The molecule has 2 saturated carbocycles. The third kappa shape index (κ3) is 2.31. The van der Waals surface area contributed by atoms with Crippen LogP contribution in [0.4, 0.5) is 0 Å². The Morgan fingerprint density at radius 2 is 2.11 bits per heavy atom. The topological polar surface area (TPSA) is 55.1 Å². The summed E-state index contributed by atoms with van der Waals surface area (Å²) in [6, 6.07) is 0.370. The van der Waals surface area contributed by atoms with E-state index in [9.17, 15) is 4.79 Å². The SMILES string of the molecule is CC(CCCN)C(=O)NC1CC2CCC1(C)C2(C)C. The molecule has 0 aromatic heterocycles. The third-order valence-electron chi connectivity index (χ3n) is 6.40. The molecular formula is C16H30N2O. The highest BCUT2D eigenvalue weighted by Gasteiger charge is 2.61. The van der Waals surface area contributed by atoms with E-state index in [4.69, 9.17) is 5.73 Å². The van der Waals surface area contributed by atoms with E-state index >= 15 is 0 Å². The lowest BCUT2D eigenvalue weighted by atomic mass is 9.69. The molecule has 0 spiro atoms. The molecule has 2 aliphatic rings.